The summed E-state index contributed by atoms with van der Waals surface area (Å²) >= 11 is 0. The first kappa shape index (κ1) is 35.0. The minimum absolute atomic E-state index is 0.00973. The first-order valence-corrected chi connectivity index (χ1v) is 20.7. The molecule has 6 rings (SSSR count). The summed E-state index contributed by atoms with van der Waals surface area (Å²) in [6.07, 6.45) is 20.7. The van der Waals surface area contributed by atoms with Crippen molar-refractivity contribution >= 4 is 21.8 Å². The number of fused-ring (bicyclic) bond motifs is 5. The quantitative estimate of drug-likeness (QED) is 0.243. The number of sulfonamides is 1. The molecule has 1 amide bonds. The van der Waals surface area contributed by atoms with Gasteiger partial charge in [-0.15, -0.1) is 0 Å². The largest absolute Gasteiger partial charge is 0.446 e. The van der Waals surface area contributed by atoms with Crippen LogP contribution in [0.2, 0.25) is 0 Å². The second-order valence-corrected chi connectivity index (χ2v) is 18.9. The molecule has 8 atom stereocenters. The molecule has 1 aromatic rings. The van der Waals surface area contributed by atoms with Crippen molar-refractivity contribution in [1.29, 1.82) is 0 Å². The van der Waals surface area contributed by atoms with E-state index in [1.807, 2.05) is 0 Å². The summed E-state index contributed by atoms with van der Waals surface area (Å²) in [5, 5.41) is 2.84. The van der Waals surface area contributed by atoms with Gasteiger partial charge in [-0.1, -0.05) is 84.8 Å². The molecule has 0 aromatic heterocycles. The molecule has 47 heavy (non-hydrogen) atoms. The van der Waals surface area contributed by atoms with Crippen molar-refractivity contribution in [2.75, 3.05) is 5.32 Å². The highest BCUT2D eigenvalue weighted by atomic mass is 32.2. The number of nitrogens with one attached hydrogen (secondary N) is 2. The maximum atomic E-state index is 13.0. The molecule has 5 aliphatic rings. The van der Waals surface area contributed by atoms with Gasteiger partial charge in [0.2, 0.25) is 10.0 Å². The van der Waals surface area contributed by atoms with Gasteiger partial charge in [0.25, 0.3) is 0 Å². The summed E-state index contributed by atoms with van der Waals surface area (Å²) in [6, 6.07) is 6.43. The highest BCUT2D eigenvalue weighted by molar-refractivity contribution is 7.89. The predicted molar refractivity (Wildman–Crippen MR) is 191 cm³/mol. The Morgan fingerprint density at radius 3 is 2.38 bits per heavy atom. The first-order valence-electron chi connectivity index (χ1n) is 19.2. The number of allylic oxidation sites excluding steroid dienone is 1. The van der Waals surface area contributed by atoms with E-state index in [4.69, 9.17) is 4.74 Å². The van der Waals surface area contributed by atoms with Crippen molar-refractivity contribution in [2.24, 2.45) is 46.3 Å². The molecule has 0 spiro atoms. The molecular formula is C40H62N2O4S. The molecule has 262 valence electrons. The summed E-state index contributed by atoms with van der Waals surface area (Å²) in [5.41, 5.74) is 2.77. The van der Waals surface area contributed by atoms with Crippen molar-refractivity contribution in [3.8, 4) is 0 Å². The monoisotopic (exact) mass is 666 g/mol. The van der Waals surface area contributed by atoms with Crippen molar-refractivity contribution in [2.45, 2.75) is 154 Å². The van der Waals surface area contributed by atoms with Gasteiger partial charge in [-0.25, -0.2) is 17.9 Å². The number of hydrogen-bond acceptors (Lipinski definition) is 4. The average Bonchev–Trinajstić information content (AvgIpc) is 3.39. The van der Waals surface area contributed by atoms with Gasteiger partial charge < -0.3 is 4.74 Å². The van der Waals surface area contributed by atoms with Crippen LogP contribution in [-0.4, -0.2) is 26.7 Å². The van der Waals surface area contributed by atoms with E-state index in [1.54, 1.807) is 24.3 Å². The van der Waals surface area contributed by atoms with E-state index in [-0.39, 0.29) is 22.5 Å². The maximum absolute atomic E-state index is 13.0. The van der Waals surface area contributed by atoms with Crippen LogP contribution in [0.1, 0.15) is 137 Å². The molecule has 0 radical (unpaired) electrons. The number of carbonyl (C=O) groups is 1. The Kier molecular flexibility index (Phi) is 10.5. The number of ether oxygens (including phenoxy) is 1. The minimum Gasteiger partial charge on any atom is -0.446 e. The Hall–Kier alpha value is -1.86. The average molecular weight is 667 g/mol. The predicted octanol–water partition coefficient (Wildman–Crippen LogP) is 10.3. The highest BCUT2D eigenvalue weighted by Gasteiger charge is 2.59. The number of rotatable bonds is 10. The maximum Gasteiger partial charge on any atom is 0.411 e. The molecule has 1 aromatic carbocycles. The fourth-order valence-electron chi connectivity index (χ4n) is 11.3. The molecule has 7 heteroatoms. The summed E-state index contributed by atoms with van der Waals surface area (Å²) in [6.45, 7) is 12.4. The Balaban J connectivity index is 1.03. The molecule has 0 unspecified atom stereocenters. The third-order valence-corrected chi connectivity index (χ3v) is 15.4. The molecule has 0 saturated heterocycles. The van der Waals surface area contributed by atoms with Crippen LogP contribution in [0.15, 0.2) is 40.8 Å². The first-order chi connectivity index (χ1) is 22.4. The number of carbonyl (C=O) groups excluding carboxylic acids is 1. The molecule has 4 saturated carbocycles. The second-order valence-electron chi connectivity index (χ2n) is 17.2. The summed E-state index contributed by atoms with van der Waals surface area (Å²) in [5.74, 6) is 4.90. The van der Waals surface area contributed by atoms with Gasteiger partial charge in [0.15, 0.2) is 0 Å². The van der Waals surface area contributed by atoms with Gasteiger partial charge >= 0.3 is 6.09 Å². The van der Waals surface area contributed by atoms with Crippen molar-refractivity contribution in [3.63, 3.8) is 0 Å². The van der Waals surface area contributed by atoms with Crippen molar-refractivity contribution in [1.82, 2.24) is 4.72 Å². The van der Waals surface area contributed by atoms with Gasteiger partial charge in [-0.2, -0.15) is 0 Å². The zero-order chi connectivity index (χ0) is 33.4. The van der Waals surface area contributed by atoms with Crippen LogP contribution >= 0.6 is 0 Å². The van der Waals surface area contributed by atoms with E-state index in [0.29, 0.717) is 11.1 Å². The molecule has 0 aliphatic heterocycles. The van der Waals surface area contributed by atoms with Crippen LogP contribution in [0.25, 0.3) is 0 Å². The minimum atomic E-state index is -3.58. The Labute approximate surface area is 285 Å². The Morgan fingerprint density at radius 2 is 1.66 bits per heavy atom. The van der Waals surface area contributed by atoms with Crippen LogP contribution < -0.4 is 10.0 Å². The summed E-state index contributed by atoms with van der Waals surface area (Å²) in [7, 11) is -3.58. The molecule has 4 fully saturated rings. The lowest BCUT2D eigenvalue weighted by Gasteiger charge is -2.58. The van der Waals surface area contributed by atoms with E-state index >= 15 is 0 Å². The van der Waals surface area contributed by atoms with E-state index in [1.165, 1.54) is 63.4 Å². The summed E-state index contributed by atoms with van der Waals surface area (Å²) in [4.78, 5) is 13.2. The van der Waals surface area contributed by atoms with Crippen LogP contribution in [-0.2, 0) is 14.8 Å². The number of hydrogen-bond donors (Lipinski definition) is 2. The highest BCUT2D eigenvalue weighted by Crippen LogP contribution is 2.67. The SMILES string of the molecule is CC(C)CCC[C@H](C)[C@H]1CC[C@H]2[C@@H]3CC=C4C[C@@H](OC(=O)Nc5ccc(S(=O)(=O)NC6CCCCC6)cc5)CC[C@]4(C)[C@H]3CC[C@]12C. The lowest BCUT2D eigenvalue weighted by molar-refractivity contribution is -0.0577. The van der Waals surface area contributed by atoms with E-state index in [0.717, 1.165) is 80.5 Å². The molecular weight excluding hydrogens is 605 g/mol. The van der Waals surface area contributed by atoms with Gasteiger partial charge in [-0.3, -0.25) is 5.32 Å². The van der Waals surface area contributed by atoms with Gasteiger partial charge in [0.05, 0.1) is 4.90 Å². The van der Waals surface area contributed by atoms with Crippen LogP contribution in [0.4, 0.5) is 10.5 Å². The number of benzene rings is 1. The van der Waals surface area contributed by atoms with E-state index < -0.39 is 16.1 Å². The lowest BCUT2D eigenvalue weighted by atomic mass is 9.47. The number of amides is 1. The van der Waals surface area contributed by atoms with Crippen LogP contribution in [0, 0.1) is 46.3 Å². The van der Waals surface area contributed by atoms with E-state index in [2.05, 4.69) is 50.7 Å². The number of anilines is 1. The zero-order valence-corrected chi connectivity index (χ0v) is 30.7. The third-order valence-electron chi connectivity index (χ3n) is 13.9. The molecule has 6 nitrogen and oxygen atoms in total. The van der Waals surface area contributed by atoms with Gasteiger partial charge in [-0.05, 0) is 128 Å². The third kappa shape index (κ3) is 7.37. The second kappa shape index (κ2) is 14.2. The Morgan fingerprint density at radius 1 is 0.915 bits per heavy atom. The van der Waals surface area contributed by atoms with Gasteiger partial charge in [0, 0.05) is 18.2 Å². The molecule has 2 N–H and O–H groups in total. The van der Waals surface area contributed by atoms with Crippen LogP contribution in [0.5, 0.6) is 0 Å². The smallest absolute Gasteiger partial charge is 0.411 e. The molecule has 5 aliphatic carbocycles. The molecule has 0 heterocycles. The fourth-order valence-corrected chi connectivity index (χ4v) is 12.6. The summed E-state index contributed by atoms with van der Waals surface area (Å²) < 4.78 is 34.6. The van der Waals surface area contributed by atoms with Gasteiger partial charge in [0.1, 0.15) is 6.10 Å². The normalized spacial score (nSPS) is 34.9. The van der Waals surface area contributed by atoms with E-state index in [9.17, 15) is 13.2 Å². The van der Waals surface area contributed by atoms with Crippen molar-refractivity contribution < 1.29 is 17.9 Å². The fraction of sp³-hybridized carbons (Fsp3) is 0.775. The lowest BCUT2D eigenvalue weighted by Crippen LogP contribution is -2.51. The Bertz CT molecular complexity index is 1380. The zero-order valence-electron chi connectivity index (χ0n) is 29.9. The van der Waals surface area contributed by atoms with Crippen LogP contribution in [0.3, 0.4) is 0 Å². The standard InChI is InChI=1S/C40H62N2O4S/c1-27(2)10-9-11-28(3)35-20-21-36-34-19-14-29-26-32(22-24-39(29,4)37(34)23-25-40(35,36)5)46-38(43)41-30-15-17-33(18-16-30)47(44,45)42-31-12-7-6-8-13-31/h14-18,27-28,31-32,34-37,42H,6-13,19-26H2,1-5H3,(H,41,43)/t28-,32-,34-,35+,36-,37-,39-,40+/m0/s1. The topological polar surface area (TPSA) is 84.5 Å². The van der Waals surface area contributed by atoms with Crippen molar-refractivity contribution in [3.05, 3.63) is 35.9 Å². The molecule has 0 bridgehead atoms.